The lowest BCUT2D eigenvalue weighted by Crippen LogP contribution is -2.34. The Hall–Kier alpha value is -0.640. The second-order valence-corrected chi connectivity index (χ2v) is 4.61. The van der Waals surface area contributed by atoms with E-state index in [2.05, 4.69) is 5.32 Å². The topological polar surface area (TPSA) is 38.0 Å². The molecule has 1 saturated heterocycles. The maximum Gasteiger partial charge on any atom is 0.123 e. The molecule has 1 aromatic rings. The molecule has 0 radical (unpaired) electrons. The summed E-state index contributed by atoms with van der Waals surface area (Å²) in [6.07, 6.45) is 2.22. The van der Waals surface area contributed by atoms with Crippen molar-refractivity contribution < 1.29 is 4.39 Å². The summed E-state index contributed by atoms with van der Waals surface area (Å²) in [4.78, 5) is 0. The van der Waals surface area contributed by atoms with E-state index in [1.54, 1.807) is 6.07 Å². The van der Waals surface area contributed by atoms with E-state index in [9.17, 15) is 4.39 Å². The van der Waals surface area contributed by atoms with Crippen molar-refractivity contribution in [1.82, 2.24) is 5.32 Å². The number of benzene rings is 1. The van der Waals surface area contributed by atoms with E-state index in [4.69, 9.17) is 5.73 Å². The zero-order valence-electron chi connectivity index (χ0n) is 10.1. The number of piperidine rings is 1. The van der Waals surface area contributed by atoms with Gasteiger partial charge in [0, 0.05) is 6.04 Å². The van der Waals surface area contributed by atoms with E-state index in [-0.39, 0.29) is 24.3 Å². The molecule has 1 fully saturated rings. The van der Waals surface area contributed by atoms with Gasteiger partial charge in [0.25, 0.3) is 0 Å². The summed E-state index contributed by atoms with van der Waals surface area (Å²) in [6.45, 7) is 4.01. The molecule has 0 bridgehead atoms. The summed E-state index contributed by atoms with van der Waals surface area (Å²) in [7, 11) is 0. The predicted molar refractivity (Wildman–Crippen MR) is 70.9 cm³/mol. The highest BCUT2D eigenvalue weighted by atomic mass is 35.5. The molecule has 2 rings (SSSR count). The van der Waals surface area contributed by atoms with E-state index in [1.165, 1.54) is 6.07 Å². The van der Waals surface area contributed by atoms with Crippen LogP contribution in [0.25, 0.3) is 0 Å². The highest BCUT2D eigenvalue weighted by molar-refractivity contribution is 5.85. The number of aryl methyl sites for hydroxylation is 1. The lowest BCUT2D eigenvalue weighted by atomic mass is 9.85. The van der Waals surface area contributed by atoms with Crippen LogP contribution in [0.1, 0.15) is 30.0 Å². The molecule has 2 nitrogen and oxygen atoms in total. The van der Waals surface area contributed by atoms with Crippen LogP contribution in [0.3, 0.4) is 0 Å². The monoisotopic (exact) mass is 258 g/mol. The van der Waals surface area contributed by atoms with Gasteiger partial charge in [0.1, 0.15) is 5.82 Å². The molecule has 0 amide bonds. The first-order chi connectivity index (χ1) is 7.68. The fraction of sp³-hybridized carbons (Fsp3) is 0.538. The molecule has 1 atom stereocenters. The molecule has 17 heavy (non-hydrogen) atoms. The third kappa shape index (κ3) is 3.41. The maximum atomic E-state index is 13.0. The average Bonchev–Trinajstić information content (AvgIpc) is 2.29. The molecule has 4 heteroatoms. The highest BCUT2D eigenvalue weighted by Crippen LogP contribution is 2.28. The Morgan fingerprint density at radius 2 is 2.00 bits per heavy atom. The molecule has 0 aliphatic carbocycles. The Balaban J connectivity index is 0.00000144. The summed E-state index contributed by atoms with van der Waals surface area (Å²) in [5, 5.41) is 3.33. The number of hydrogen-bond donors (Lipinski definition) is 2. The second-order valence-electron chi connectivity index (χ2n) is 4.61. The van der Waals surface area contributed by atoms with Gasteiger partial charge in [0.2, 0.25) is 0 Å². The van der Waals surface area contributed by atoms with Crippen LogP contribution in [-0.2, 0) is 0 Å². The Morgan fingerprint density at radius 3 is 2.59 bits per heavy atom. The fourth-order valence-corrected chi connectivity index (χ4v) is 2.47. The molecule has 1 aromatic carbocycles. The molecule has 0 saturated carbocycles. The van der Waals surface area contributed by atoms with Gasteiger partial charge in [-0.25, -0.2) is 4.39 Å². The molecule has 0 aromatic heterocycles. The molecule has 96 valence electrons. The number of rotatable bonds is 2. The van der Waals surface area contributed by atoms with Gasteiger partial charge in [-0.05, 0) is 62.0 Å². The van der Waals surface area contributed by atoms with E-state index < -0.39 is 0 Å². The van der Waals surface area contributed by atoms with E-state index in [0.29, 0.717) is 5.92 Å². The molecule has 3 N–H and O–H groups in total. The summed E-state index contributed by atoms with van der Waals surface area (Å²) in [6, 6.07) is 4.94. The zero-order chi connectivity index (χ0) is 11.5. The minimum atomic E-state index is -0.182. The summed E-state index contributed by atoms with van der Waals surface area (Å²) >= 11 is 0. The van der Waals surface area contributed by atoms with Gasteiger partial charge in [-0.2, -0.15) is 0 Å². The van der Waals surface area contributed by atoms with Crippen molar-refractivity contribution in [2.45, 2.75) is 25.8 Å². The third-order valence-electron chi connectivity index (χ3n) is 3.48. The van der Waals surface area contributed by atoms with Crippen molar-refractivity contribution in [2.75, 3.05) is 13.1 Å². The fourth-order valence-electron chi connectivity index (χ4n) is 2.47. The summed E-state index contributed by atoms with van der Waals surface area (Å²) < 4.78 is 13.0. The minimum absolute atomic E-state index is 0. The Bertz CT molecular complexity index is 364. The Labute approximate surface area is 108 Å². The second kappa shape index (κ2) is 6.34. The SMILES string of the molecule is Cc1cc(F)ccc1[C@H](N)C1CCNCC1.Cl. The van der Waals surface area contributed by atoms with Gasteiger partial charge in [-0.1, -0.05) is 6.07 Å². The van der Waals surface area contributed by atoms with Crippen LogP contribution >= 0.6 is 12.4 Å². The standard InChI is InChI=1S/C13H19FN2.ClH/c1-9-8-11(14)2-3-12(9)13(15)10-4-6-16-7-5-10;/h2-3,8,10,13,16H,4-7,15H2,1H3;1H/t13-;/m1./s1. The molecular weight excluding hydrogens is 239 g/mol. The Morgan fingerprint density at radius 1 is 1.35 bits per heavy atom. The smallest absolute Gasteiger partial charge is 0.123 e. The van der Waals surface area contributed by atoms with Crippen LogP contribution in [0.15, 0.2) is 18.2 Å². The molecular formula is C13H20ClFN2. The van der Waals surface area contributed by atoms with E-state index in [1.807, 2.05) is 13.0 Å². The summed E-state index contributed by atoms with van der Waals surface area (Å²) in [5.74, 6) is 0.337. The summed E-state index contributed by atoms with van der Waals surface area (Å²) in [5.41, 5.74) is 8.33. The molecule has 1 heterocycles. The minimum Gasteiger partial charge on any atom is -0.324 e. The lowest BCUT2D eigenvalue weighted by Gasteiger charge is -2.29. The number of nitrogens with two attached hydrogens (primary N) is 1. The molecule has 0 unspecified atom stereocenters. The number of hydrogen-bond acceptors (Lipinski definition) is 2. The molecule has 0 spiro atoms. The first kappa shape index (κ1) is 14.4. The van der Waals surface area contributed by atoms with E-state index in [0.717, 1.165) is 37.1 Å². The predicted octanol–water partition coefficient (Wildman–Crippen LogP) is 2.56. The zero-order valence-corrected chi connectivity index (χ0v) is 10.9. The van der Waals surface area contributed by atoms with Gasteiger partial charge >= 0.3 is 0 Å². The van der Waals surface area contributed by atoms with Gasteiger partial charge in [0.15, 0.2) is 0 Å². The first-order valence-electron chi connectivity index (χ1n) is 5.91. The van der Waals surface area contributed by atoms with Crippen molar-refractivity contribution in [1.29, 1.82) is 0 Å². The van der Waals surface area contributed by atoms with Crippen molar-refractivity contribution in [3.8, 4) is 0 Å². The number of nitrogens with one attached hydrogen (secondary N) is 1. The van der Waals surface area contributed by atoms with Gasteiger partial charge < -0.3 is 11.1 Å². The van der Waals surface area contributed by atoms with Crippen LogP contribution in [-0.4, -0.2) is 13.1 Å². The first-order valence-corrected chi connectivity index (χ1v) is 5.91. The van der Waals surface area contributed by atoms with Crippen molar-refractivity contribution in [3.05, 3.63) is 35.1 Å². The normalized spacial score (nSPS) is 18.5. The van der Waals surface area contributed by atoms with Gasteiger partial charge in [-0.3, -0.25) is 0 Å². The third-order valence-corrected chi connectivity index (χ3v) is 3.48. The van der Waals surface area contributed by atoms with Crippen LogP contribution in [0.5, 0.6) is 0 Å². The quantitative estimate of drug-likeness (QED) is 0.856. The van der Waals surface area contributed by atoms with Crippen molar-refractivity contribution in [2.24, 2.45) is 11.7 Å². The van der Waals surface area contributed by atoms with Crippen LogP contribution in [0, 0.1) is 18.7 Å². The molecule has 1 aliphatic heterocycles. The average molecular weight is 259 g/mol. The van der Waals surface area contributed by atoms with Crippen LogP contribution in [0.2, 0.25) is 0 Å². The maximum absolute atomic E-state index is 13.0. The van der Waals surface area contributed by atoms with E-state index >= 15 is 0 Å². The lowest BCUT2D eigenvalue weighted by molar-refractivity contribution is 0.321. The largest absolute Gasteiger partial charge is 0.324 e. The van der Waals surface area contributed by atoms with Crippen molar-refractivity contribution in [3.63, 3.8) is 0 Å². The highest BCUT2D eigenvalue weighted by Gasteiger charge is 2.22. The van der Waals surface area contributed by atoms with Gasteiger partial charge in [0.05, 0.1) is 0 Å². The Kier molecular flexibility index (Phi) is 5.37. The van der Waals surface area contributed by atoms with Crippen molar-refractivity contribution >= 4 is 12.4 Å². The van der Waals surface area contributed by atoms with Crippen LogP contribution in [0.4, 0.5) is 4.39 Å². The number of halogens is 2. The van der Waals surface area contributed by atoms with Gasteiger partial charge in [-0.15, -0.1) is 12.4 Å². The van der Waals surface area contributed by atoms with Crippen LogP contribution < -0.4 is 11.1 Å². The molecule has 1 aliphatic rings.